The van der Waals surface area contributed by atoms with Crippen LogP contribution in [0.2, 0.25) is 0 Å². The maximum Gasteiger partial charge on any atom is 0.153 e. The second-order valence-corrected chi connectivity index (χ2v) is 3.96. The molecule has 1 rings (SSSR count). The number of benzene rings is 1. The molecule has 1 aromatic rings. The average Bonchev–Trinajstić information content (AvgIpc) is 2.43. The Bertz CT molecular complexity index is 404. The summed E-state index contributed by atoms with van der Waals surface area (Å²) < 4.78 is 10.6. The van der Waals surface area contributed by atoms with Crippen LogP contribution >= 0.6 is 0 Å². The van der Waals surface area contributed by atoms with Gasteiger partial charge in [0.25, 0.3) is 0 Å². The quantitative estimate of drug-likeness (QED) is 0.698. The summed E-state index contributed by atoms with van der Waals surface area (Å²) >= 11 is 0. The summed E-state index contributed by atoms with van der Waals surface area (Å²) in [5.74, 6) is 1.28. The minimum atomic E-state index is 0.505. The van der Waals surface area contributed by atoms with Crippen molar-refractivity contribution in [2.75, 3.05) is 32.2 Å². The van der Waals surface area contributed by atoms with Crippen LogP contribution < -0.4 is 14.4 Å². The fourth-order valence-electron chi connectivity index (χ4n) is 1.96. The van der Waals surface area contributed by atoms with E-state index in [1.807, 2.05) is 6.07 Å². The molecular formula is C14H21NO3. The third-order valence-corrected chi connectivity index (χ3v) is 2.87. The minimum Gasteiger partial charge on any atom is -0.496 e. The monoisotopic (exact) mass is 251 g/mol. The molecule has 0 aromatic heterocycles. The lowest BCUT2D eigenvalue weighted by atomic mass is 10.1. The van der Waals surface area contributed by atoms with Gasteiger partial charge in [0, 0.05) is 19.2 Å². The van der Waals surface area contributed by atoms with Crippen molar-refractivity contribution in [3.63, 3.8) is 0 Å². The van der Waals surface area contributed by atoms with Gasteiger partial charge in [-0.3, -0.25) is 4.79 Å². The van der Waals surface area contributed by atoms with Gasteiger partial charge in [-0.1, -0.05) is 6.92 Å². The van der Waals surface area contributed by atoms with Gasteiger partial charge in [0.15, 0.2) is 6.29 Å². The Morgan fingerprint density at radius 3 is 2.28 bits per heavy atom. The molecule has 100 valence electrons. The molecule has 0 N–H and O–H groups in total. The topological polar surface area (TPSA) is 38.8 Å². The third kappa shape index (κ3) is 2.94. The Balaban J connectivity index is 3.27. The van der Waals surface area contributed by atoms with Gasteiger partial charge >= 0.3 is 0 Å². The van der Waals surface area contributed by atoms with E-state index in [2.05, 4.69) is 18.7 Å². The maximum atomic E-state index is 11.0. The zero-order chi connectivity index (χ0) is 13.5. The van der Waals surface area contributed by atoms with E-state index in [1.54, 1.807) is 20.3 Å². The SMILES string of the molecule is CCCN(CC)c1cc(OC)c(C=O)cc1OC. The summed E-state index contributed by atoms with van der Waals surface area (Å²) in [6.07, 6.45) is 1.83. The van der Waals surface area contributed by atoms with E-state index in [0.717, 1.165) is 31.5 Å². The van der Waals surface area contributed by atoms with Crippen LogP contribution in [0.4, 0.5) is 5.69 Å². The van der Waals surface area contributed by atoms with Gasteiger partial charge in [0.05, 0.1) is 25.5 Å². The molecule has 0 spiro atoms. The van der Waals surface area contributed by atoms with Gasteiger partial charge in [-0.2, -0.15) is 0 Å². The lowest BCUT2D eigenvalue weighted by molar-refractivity contribution is 0.112. The summed E-state index contributed by atoms with van der Waals surface area (Å²) in [5, 5.41) is 0. The highest BCUT2D eigenvalue weighted by atomic mass is 16.5. The van der Waals surface area contributed by atoms with E-state index in [0.29, 0.717) is 17.1 Å². The highest BCUT2D eigenvalue weighted by molar-refractivity contribution is 5.83. The second-order valence-electron chi connectivity index (χ2n) is 3.96. The van der Waals surface area contributed by atoms with Gasteiger partial charge in [0.2, 0.25) is 0 Å². The second kappa shape index (κ2) is 6.89. The van der Waals surface area contributed by atoms with Gasteiger partial charge < -0.3 is 14.4 Å². The van der Waals surface area contributed by atoms with Crippen LogP contribution in [0, 0.1) is 0 Å². The highest BCUT2D eigenvalue weighted by Crippen LogP contribution is 2.34. The van der Waals surface area contributed by atoms with E-state index in [-0.39, 0.29) is 0 Å². The first kappa shape index (κ1) is 14.4. The first-order valence-electron chi connectivity index (χ1n) is 6.17. The number of carbonyl (C=O) groups is 1. The van der Waals surface area contributed by atoms with Crippen molar-refractivity contribution >= 4 is 12.0 Å². The molecule has 0 bridgehead atoms. The number of rotatable bonds is 7. The Morgan fingerprint density at radius 2 is 1.83 bits per heavy atom. The van der Waals surface area contributed by atoms with Crippen LogP contribution in [0.15, 0.2) is 12.1 Å². The molecule has 4 heteroatoms. The number of anilines is 1. The number of methoxy groups -OCH3 is 2. The molecule has 0 fully saturated rings. The van der Waals surface area contributed by atoms with Crippen molar-refractivity contribution in [1.29, 1.82) is 0 Å². The third-order valence-electron chi connectivity index (χ3n) is 2.87. The van der Waals surface area contributed by atoms with Crippen molar-refractivity contribution in [3.8, 4) is 11.5 Å². The summed E-state index contributed by atoms with van der Waals surface area (Å²) in [7, 11) is 3.17. The van der Waals surface area contributed by atoms with Crippen molar-refractivity contribution in [2.45, 2.75) is 20.3 Å². The molecule has 0 atom stereocenters. The van der Waals surface area contributed by atoms with E-state index >= 15 is 0 Å². The zero-order valence-corrected chi connectivity index (χ0v) is 11.5. The van der Waals surface area contributed by atoms with Crippen LogP contribution in [0.25, 0.3) is 0 Å². The molecule has 0 heterocycles. The lowest BCUT2D eigenvalue weighted by Crippen LogP contribution is -2.24. The van der Waals surface area contributed by atoms with Gasteiger partial charge in [-0.15, -0.1) is 0 Å². The molecule has 0 aliphatic rings. The molecule has 0 saturated heterocycles. The standard InChI is InChI=1S/C14H21NO3/c1-5-7-15(6-2)12-9-13(17-3)11(10-16)8-14(12)18-4/h8-10H,5-7H2,1-4H3. The fourth-order valence-corrected chi connectivity index (χ4v) is 1.96. The molecule has 0 unspecified atom stereocenters. The van der Waals surface area contributed by atoms with Gasteiger partial charge in [0.1, 0.15) is 11.5 Å². The number of aldehydes is 1. The largest absolute Gasteiger partial charge is 0.496 e. The molecule has 1 aromatic carbocycles. The van der Waals surface area contributed by atoms with Crippen molar-refractivity contribution in [1.82, 2.24) is 0 Å². The fraction of sp³-hybridized carbons (Fsp3) is 0.500. The Kier molecular flexibility index (Phi) is 5.49. The number of hydrogen-bond donors (Lipinski definition) is 0. The Hall–Kier alpha value is -1.71. The molecular weight excluding hydrogens is 230 g/mol. The number of nitrogens with zero attached hydrogens (tertiary/aromatic N) is 1. The number of carbonyl (C=O) groups excluding carboxylic acids is 1. The summed E-state index contributed by atoms with van der Waals surface area (Å²) in [4.78, 5) is 13.2. The van der Waals surface area contributed by atoms with Crippen LogP contribution in [-0.4, -0.2) is 33.6 Å². The van der Waals surface area contributed by atoms with E-state index in [9.17, 15) is 4.79 Å². The van der Waals surface area contributed by atoms with E-state index in [4.69, 9.17) is 9.47 Å². The number of ether oxygens (including phenoxy) is 2. The lowest BCUT2D eigenvalue weighted by Gasteiger charge is -2.25. The summed E-state index contributed by atoms with van der Waals surface area (Å²) in [6.45, 7) is 6.05. The highest BCUT2D eigenvalue weighted by Gasteiger charge is 2.14. The Labute approximate surface area is 108 Å². The van der Waals surface area contributed by atoms with Gasteiger partial charge in [-0.05, 0) is 19.4 Å². The molecule has 0 saturated carbocycles. The average molecular weight is 251 g/mol. The molecule has 4 nitrogen and oxygen atoms in total. The normalized spacial score (nSPS) is 10.0. The Morgan fingerprint density at radius 1 is 1.17 bits per heavy atom. The first-order chi connectivity index (χ1) is 8.71. The van der Waals surface area contributed by atoms with E-state index < -0.39 is 0 Å². The van der Waals surface area contributed by atoms with Crippen molar-refractivity contribution in [2.24, 2.45) is 0 Å². The van der Waals surface area contributed by atoms with Crippen LogP contribution in [0.1, 0.15) is 30.6 Å². The van der Waals surface area contributed by atoms with Crippen LogP contribution in [0.3, 0.4) is 0 Å². The molecule has 18 heavy (non-hydrogen) atoms. The van der Waals surface area contributed by atoms with Crippen LogP contribution in [0.5, 0.6) is 11.5 Å². The molecule has 0 radical (unpaired) electrons. The number of hydrogen-bond acceptors (Lipinski definition) is 4. The first-order valence-corrected chi connectivity index (χ1v) is 6.17. The summed E-state index contributed by atoms with van der Waals surface area (Å²) in [6, 6.07) is 3.58. The van der Waals surface area contributed by atoms with E-state index in [1.165, 1.54) is 0 Å². The smallest absolute Gasteiger partial charge is 0.153 e. The van der Waals surface area contributed by atoms with Crippen molar-refractivity contribution in [3.05, 3.63) is 17.7 Å². The van der Waals surface area contributed by atoms with Crippen molar-refractivity contribution < 1.29 is 14.3 Å². The molecule has 0 aliphatic carbocycles. The van der Waals surface area contributed by atoms with Crippen LogP contribution in [-0.2, 0) is 0 Å². The predicted molar refractivity (Wildman–Crippen MR) is 73.1 cm³/mol. The predicted octanol–water partition coefficient (Wildman–Crippen LogP) is 2.75. The summed E-state index contributed by atoms with van der Waals surface area (Å²) in [5.41, 5.74) is 1.47. The van der Waals surface area contributed by atoms with Gasteiger partial charge in [-0.25, -0.2) is 0 Å². The molecule has 0 aliphatic heterocycles. The zero-order valence-electron chi connectivity index (χ0n) is 11.5. The molecule has 0 amide bonds. The minimum absolute atomic E-state index is 0.505. The maximum absolute atomic E-state index is 11.0.